The molecule has 1 N–H and O–H groups in total. The summed E-state index contributed by atoms with van der Waals surface area (Å²) in [7, 11) is 0. The molecule has 1 aromatic rings. The molecule has 1 saturated carbocycles. The minimum atomic E-state index is 0.418. The number of aryl methyl sites for hydroxylation is 1. The van der Waals surface area contributed by atoms with Gasteiger partial charge < -0.3 is 14.5 Å². The van der Waals surface area contributed by atoms with E-state index < -0.39 is 0 Å². The van der Waals surface area contributed by atoms with Gasteiger partial charge in [-0.1, -0.05) is 33.6 Å². The highest BCUT2D eigenvalue weighted by molar-refractivity contribution is 5.19. The Balaban J connectivity index is 1.82. The molecule has 3 heteroatoms. The summed E-state index contributed by atoms with van der Waals surface area (Å²) in [5.74, 6) is 2.80. The Morgan fingerprint density at radius 2 is 2.20 bits per heavy atom. The van der Waals surface area contributed by atoms with Gasteiger partial charge in [0.2, 0.25) is 0 Å². The molecule has 2 atom stereocenters. The normalized spacial score (nSPS) is 23.4. The number of nitrogens with one attached hydrogen (secondary N) is 1. The highest BCUT2D eigenvalue weighted by atomic mass is 16.5. The molecule has 1 fully saturated rings. The molecule has 114 valence electrons. The third-order valence-electron chi connectivity index (χ3n) is 4.09. The maximum atomic E-state index is 6.02. The average Bonchev–Trinajstić information content (AvgIpc) is 2.75. The lowest BCUT2D eigenvalue weighted by Crippen LogP contribution is -2.22. The van der Waals surface area contributed by atoms with Gasteiger partial charge in [0.05, 0.1) is 12.6 Å². The van der Waals surface area contributed by atoms with E-state index in [1.807, 2.05) is 0 Å². The maximum absolute atomic E-state index is 6.02. The van der Waals surface area contributed by atoms with Gasteiger partial charge in [0.25, 0.3) is 0 Å². The largest absolute Gasteiger partial charge is 0.462 e. The van der Waals surface area contributed by atoms with Gasteiger partial charge in [0, 0.05) is 6.04 Å². The maximum Gasteiger partial charge on any atom is 0.130 e. The summed E-state index contributed by atoms with van der Waals surface area (Å²) < 4.78 is 11.9. The first-order valence-corrected chi connectivity index (χ1v) is 7.97. The molecule has 1 aliphatic rings. The Hall–Kier alpha value is -0.800. The zero-order chi connectivity index (χ0) is 14.5. The first kappa shape index (κ1) is 15.6. The van der Waals surface area contributed by atoms with E-state index in [-0.39, 0.29) is 0 Å². The first-order chi connectivity index (χ1) is 9.54. The van der Waals surface area contributed by atoms with Crippen molar-refractivity contribution in [3.8, 4) is 0 Å². The van der Waals surface area contributed by atoms with Crippen molar-refractivity contribution in [3.63, 3.8) is 0 Å². The Bertz CT molecular complexity index is 411. The van der Waals surface area contributed by atoms with Gasteiger partial charge in [-0.2, -0.15) is 0 Å². The van der Waals surface area contributed by atoms with Crippen molar-refractivity contribution in [3.05, 3.63) is 23.2 Å². The second kappa shape index (κ2) is 7.28. The number of hydrogen-bond acceptors (Lipinski definition) is 3. The predicted molar refractivity (Wildman–Crippen MR) is 81.6 cm³/mol. The molecule has 3 nitrogen and oxygen atoms in total. The van der Waals surface area contributed by atoms with Crippen LogP contribution in [0.4, 0.5) is 0 Å². The topological polar surface area (TPSA) is 34.4 Å². The fraction of sp³-hybridized carbons (Fsp3) is 0.765. The van der Waals surface area contributed by atoms with E-state index in [0.717, 1.165) is 24.0 Å². The average molecular weight is 279 g/mol. The van der Waals surface area contributed by atoms with E-state index in [4.69, 9.17) is 9.15 Å². The molecule has 1 aromatic heterocycles. The number of furan rings is 1. The summed E-state index contributed by atoms with van der Waals surface area (Å²) in [5, 5.41) is 3.39. The lowest BCUT2D eigenvalue weighted by atomic mass is 9.89. The van der Waals surface area contributed by atoms with Crippen molar-refractivity contribution >= 4 is 0 Å². The SMILES string of the molecule is Cc1cc(COC2CCCC(C)C2)oc1CNC(C)C. The molecule has 2 rings (SSSR count). The number of rotatable bonds is 6. The second-order valence-electron chi connectivity index (χ2n) is 6.56. The fourth-order valence-electron chi connectivity index (χ4n) is 2.86. The summed E-state index contributed by atoms with van der Waals surface area (Å²) >= 11 is 0. The second-order valence-corrected chi connectivity index (χ2v) is 6.56. The molecule has 0 aromatic carbocycles. The molecular formula is C17H29NO2. The van der Waals surface area contributed by atoms with Crippen LogP contribution < -0.4 is 5.32 Å². The highest BCUT2D eigenvalue weighted by Crippen LogP contribution is 2.26. The third-order valence-corrected chi connectivity index (χ3v) is 4.09. The quantitative estimate of drug-likeness (QED) is 0.848. The van der Waals surface area contributed by atoms with Gasteiger partial charge in [0.15, 0.2) is 0 Å². The third kappa shape index (κ3) is 4.64. The lowest BCUT2D eigenvalue weighted by Gasteiger charge is -2.26. The van der Waals surface area contributed by atoms with E-state index in [2.05, 4.69) is 39.1 Å². The summed E-state index contributed by atoms with van der Waals surface area (Å²) in [6.45, 7) is 10.1. The predicted octanol–water partition coefficient (Wildman–Crippen LogP) is 4.18. The van der Waals surface area contributed by atoms with Crippen molar-refractivity contribution in [2.45, 2.75) is 78.7 Å². The van der Waals surface area contributed by atoms with Crippen LogP contribution in [0.5, 0.6) is 0 Å². The van der Waals surface area contributed by atoms with E-state index in [9.17, 15) is 0 Å². The van der Waals surface area contributed by atoms with E-state index >= 15 is 0 Å². The van der Waals surface area contributed by atoms with Crippen molar-refractivity contribution in [2.75, 3.05) is 0 Å². The number of hydrogen-bond donors (Lipinski definition) is 1. The smallest absolute Gasteiger partial charge is 0.130 e. The zero-order valence-electron chi connectivity index (χ0n) is 13.4. The van der Waals surface area contributed by atoms with E-state index in [1.54, 1.807) is 0 Å². The molecule has 0 aliphatic heterocycles. The summed E-state index contributed by atoms with van der Waals surface area (Å²) in [6.07, 6.45) is 5.46. The van der Waals surface area contributed by atoms with Crippen LogP contribution in [0.1, 0.15) is 63.5 Å². The van der Waals surface area contributed by atoms with Gasteiger partial charge in [-0.15, -0.1) is 0 Å². The van der Waals surface area contributed by atoms with Crippen molar-refractivity contribution in [1.29, 1.82) is 0 Å². The van der Waals surface area contributed by atoms with Crippen LogP contribution in [0.3, 0.4) is 0 Å². The van der Waals surface area contributed by atoms with E-state index in [0.29, 0.717) is 18.8 Å². The van der Waals surface area contributed by atoms with Gasteiger partial charge >= 0.3 is 0 Å². The molecule has 0 spiro atoms. The van der Waals surface area contributed by atoms with Crippen LogP contribution in [-0.2, 0) is 17.9 Å². The minimum absolute atomic E-state index is 0.418. The molecule has 2 unspecified atom stereocenters. The lowest BCUT2D eigenvalue weighted by molar-refractivity contribution is -0.00301. The summed E-state index contributed by atoms with van der Waals surface area (Å²) in [4.78, 5) is 0. The number of ether oxygens (including phenoxy) is 1. The summed E-state index contributed by atoms with van der Waals surface area (Å²) in [6, 6.07) is 2.59. The van der Waals surface area contributed by atoms with Crippen molar-refractivity contribution in [1.82, 2.24) is 5.32 Å². The molecule has 0 saturated heterocycles. The van der Waals surface area contributed by atoms with Crippen LogP contribution >= 0.6 is 0 Å². The fourth-order valence-corrected chi connectivity index (χ4v) is 2.86. The Morgan fingerprint density at radius 3 is 2.90 bits per heavy atom. The monoisotopic (exact) mass is 279 g/mol. The van der Waals surface area contributed by atoms with Gasteiger partial charge in [-0.3, -0.25) is 0 Å². The Labute approximate surface area is 123 Å². The molecule has 0 bridgehead atoms. The van der Waals surface area contributed by atoms with Crippen molar-refractivity contribution < 1.29 is 9.15 Å². The van der Waals surface area contributed by atoms with Crippen molar-refractivity contribution in [2.24, 2.45) is 5.92 Å². The zero-order valence-corrected chi connectivity index (χ0v) is 13.4. The first-order valence-electron chi connectivity index (χ1n) is 7.97. The van der Waals surface area contributed by atoms with Crippen LogP contribution in [0.25, 0.3) is 0 Å². The van der Waals surface area contributed by atoms with Gasteiger partial charge in [0.1, 0.15) is 18.1 Å². The van der Waals surface area contributed by atoms with E-state index in [1.165, 1.54) is 31.2 Å². The van der Waals surface area contributed by atoms with Crippen LogP contribution in [-0.4, -0.2) is 12.1 Å². The Kier molecular flexibility index (Phi) is 5.67. The van der Waals surface area contributed by atoms with Gasteiger partial charge in [-0.25, -0.2) is 0 Å². The molecule has 20 heavy (non-hydrogen) atoms. The molecule has 0 amide bonds. The molecule has 0 radical (unpaired) electrons. The minimum Gasteiger partial charge on any atom is -0.462 e. The Morgan fingerprint density at radius 1 is 1.40 bits per heavy atom. The molecule has 1 aliphatic carbocycles. The van der Waals surface area contributed by atoms with Crippen LogP contribution in [0.2, 0.25) is 0 Å². The highest BCUT2D eigenvalue weighted by Gasteiger charge is 2.20. The van der Waals surface area contributed by atoms with Crippen LogP contribution in [0, 0.1) is 12.8 Å². The standard InChI is InChI=1S/C17H29NO2/c1-12(2)18-10-17-14(4)9-16(20-17)11-19-15-7-5-6-13(3)8-15/h9,12-13,15,18H,5-8,10-11H2,1-4H3. The molecular weight excluding hydrogens is 250 g/mol. The summed E-state index contributed by atoms with van der Waals surface area (Å²) in [5.41, 5.74) is 1.22. The van der Waals surface area contributed by atoms with Crippen LogP contribution in [0.15, 0.2) is 10.5 Å². The van der Waals surface area contributed by atoms with Gasteiger partial charge in [-0.05, 0) is 37.3 Å². The molecule has 1 heterocycles.